The Labute approximate surface area is 106 Å². The van der Waals surface area contributed by atoms with Crippen molar-refractivity contribution in [3.63, 3.8) is 0 Å². The third-order valence-electron chi connectivity index (χ3n) is 3.26. The Morgan fingerprint density at radius 1 is 1.38 bits per heavy atom. The van der Waals surface area contributed by atoms with Crippen LogP contribution in [0.1, 0.15) is 19.8 Å². The molecular formula is C13H19BrN2. The predicted octanol–water partition coefficient (Wildman–Crippen LogP) is 3.35. The lowest BCUT2D eigenvalue weighted by atomic mass is 10.2. The van der Waals surface area contributed by atoms with E-state index >= 15 is 0 Å². The van der Waals surface area contributed by atoms with Crippen LogP contribution in [-0.4, -0.2) is 30.6 Å². The molecule has 16 heavy (non-hydrogen) atoms. The smallest absolute Gasteiger partial charge is 0.0341 e. The zero-order valence-electron chi connectivity index (χ0n) is 9.75. The fourth-order valence-corrected chi connectivity index (χ4v) is 2.50. The predicted molar refractivity (Wildman–Crippen MR) is 72.9 cm³/mol. The molecule has 0 radical (unpaired) electrons. The number of nitrogens with zero attached hydrogens (tertiary/aromatic N) is 1. The van der Waals surface area contributed by atoms with Crippen molar-refractivity contribution in [2.75, 3.05) is 25.0 Å². The molecule has 0 bridgehead atoms. The average molecular weight is 283 g/mol. The van der Waals surface area contributed by atoms with Crippen LogP contribution in [0, 0.1) is 0 Å². The molecule has 1 aliphatic rings. The first-order valence-electron chi connectivity index (χ1n) is 5.99. The van der Waals surface area contributed by atoms with Gasteiger partial charge < -0.3 is 5.32 Å². The Kier molecular flexibility index (Phi) is 4.24. The molecule has 0 amide bonds. The normalized spacial score (nSPS) is 21.2. The molecule has 1 N–H and O–H groups in total. The Balaban J connectivity index is 1.73. The summed E-state index contributed by atoms with van der Waals surface area (Å²) in [6.07, 6.45) is 2.72. The van der Waals surface area contributed by atoms with E-state index in [2.05, 4.69) is 57.3 Å². The molecule has 0 spiro atoms. The van der Waals surface area contributed by atoms with Gasteiger partial charge in [-0.2, -0.15) is 0 Å². The van der Waals surface area contributed by atoms with Gasteiger partial charge in [0.05, 0.1) is 0 Å². The molecule has 88 valence electrons. The molecular weight excluding hydrogens is 264 g/mol. The van der Waals surface area contributed by atoms with E-state index in [-0.39, 0.29) is 0 Å². The highest BCUT2D eigenvalue weighted by molar-refractivity contribution is 9.10. The first kappa shape index (κ1) is 11.9. The van der Waals surface area contributed by atoms with Gasteiger partial charge in [0.2, 0.25) is 0 Å². The zero-order chi connectivity index (χ0) is 11.4. The maximum Gasteiger partial charge on any atom is 0.0341 e. The maximum absolute atomic E-state index is 3.46. The van der Waals surface area contributed by atoms with Crippen LogP contribution in [0.3, 0.4) is 0 Å². The van der Waals surface area contributed by atoms with Crippen LogP contribution in [0.15, 0.2) is 28.7 Å². The van der Waals surface area contributed by atoms with Crippen molar-refractivity contribution >= 4 is 21.6 Å². The summed E-state index contributed by atoms with van der Waals surface area (Å²) in [5.74, 6) is 0. The Bertz CT molecular complexity index is 323. The van der Waals surface area contributed by atoms with Gasteiger partial charge in [0, 0.05) is 29.3 Å². The average Bonchev–Trinajstić information content (AvgIpc) is 2.68. The Morgan fingerprint density at radius 2 is 2.12 bits per heavy atom. The van der Waals surface area contributed by atoms with E-state index in [0.29, 0.717) is 0 Å². The number of rotatable bonds is 4. The molecule has 2 nitrogen and oxygen atoms in total. The molecule has 3 heteroatoms. The van der Waals surface area contributed by atoms with Crippen LogP contribution in [0.2, 0.25) is 0 Å². The first-order chi connectivity index (χ1) is 7.75. The van der Waals surface area contributed by atoms with Crippen molar-refractivity contribution in [1.29, 1.82) is 0 Å². The summed E-state index contributed by atoms with van der Waals surface area (Å²) in [5.41, 5.74) is 1.20. The molecule has 0 aliphatic carbocycles. The van der Waals surface area contributed by atoms with Gasteiger partial charge >= 0.3 is 0 Å². The standard InChI is InChI=1S/C13H19BrN2/c1-11-3-2-9-16(11)10-8-15-13-6-4-12(14)5-7-13/h4-7,11,15H,2-3,8-10H2,1H3. The lowest BCUT2D eigenvalue weighted by Crippen LogP contribution is -2.31. The fourth-order valence-electron chi connectivity index (χ4n) is 2.24. The van der Waals surface area contributed by atoms with Crippen molar-refractivity contribution in [2.45, 2.75) is 25.8 Å². The number of nitrogens with one attached hydrogen (secondary N) is 1. The van der Waals surface area contributed by atoms with Crippen LogP contribution >= 0.6 is 15.9 Å². The molecule has 1 fully saturated rings. The lowest BCUT2D eigenvalue weighted by molar-refractivity contribution is 0.279. The minimum atomic E-state index is 0.770. The number of hydrogen-bond donors (Lipinski definition) is 1. The van der Waals surface area contributed by atoms with Gasteiger partial charge in [0.15, 0.2) is 0 Å². The van der Waals surface area contributed by atoms with E-state index < -0.39 is 0 Å². The number of anilines is 1. The van der Waals surface area contributed by atoms with Crippen molar-refractivity contribution in [3.05, 3.63) is 28.7 Å². The summed E-state index contributed by atoms with van der Waals surface area (Å²) in [6.45, 7) is 5.78. The van der Waals surface area contributed by atoms with E-state index in [1.807, 2.05) is 0 Å². The molecule has 1 unspecified atom stereocenters. The molecule has 1 aromatic rings. The first-order valence-corrected chi connectivity index (χ1v) is 6.78. The van der Waals surface area contributed by atoms with Gasteiger partial charge in [-0.05, 0) is 50.6 Å². The van der Waals surface area contributed by atoms with E-state index in [1.54, 1.807) is 0 Å². The summed E-state index contributed by atoms with van der Waals surface area (Å²) in [4.78, 5) is 2.56. The molecule has 0 aromatic heterocycles. The highest BCUT2D eigenvalue weighted by Gasteiger charge is 2.18. The van der Waals surface area contributed by atoms with Crippen LogP contribution in [0.25, 0.3) is 0 Å². The highest BCUT2D eigenvalue weighted by atomic mass is 79.9. The summed E-state index contributed by atoms with van der Waals surface area (Å²) in [7, 11) is 0. The zero-order valence-corrected chi connectivity index (χ0v) is 11.3. The van der Waals surface area contributed by atoms with Crippen LogP contribution in [-0.2, 0) is 0 Å². The summed E-state index contributed by atoms with van der Waals surface area (Å²) >= 11 is 3.44. The molecule has 1 saturated heterocycles. The molecule has 1 heterocycles. The van der Waals surface area contributed by atoms with Gasteiger partial charge in [-0.1, -0.05) is 15.9 Å². The second kappa shape index (κ2) is 5.69. The van der Waals surface area contributed by atoms with E-state index in [0.717, 1.165) is 23.6 Å². The van der Waals surface area contributed by atoms with Crippen molar-refractivity contribution < 1.29 is 0 Å². The van der Waals surface area contributed by atoms with Crippen LogP contribution in [0.4, 0.5) is 5.69 Å². The number of hydrogen-bond acceptors (Lipinski definition) is 2. The largest absolute Gasteiger partial charge is 0.384 e. The topological polar surface area (TPSA) is 15.3 Å². The third kappa shape index (κ3) is 3.22. The van der Waals surface area contributed by atoms with Crippen molar-refractivity contribution in [3.8, 4) is 0 Å². The van der Waals surface area contributed by atoms with Crippen LogP contribution in [0.5, 0.6) is 0 Å². The van der Waals surface area contributed by atoms with Crippen LogP contribution < -0.4 is 5.32 Å². The second-order valence-corrected chi connectivity index (χ2v) is 5.38. The highest BCUT2D eigenvalue weighted by Crippen LogP contribution is 2.16. The van der Waals surface area contributed by atoms with E-state index in [9.17, 15) is 0 Å². The molecule has 0 saturated carbocycles. The van der Waals surface area contributed by atoms with E-state index in [4.69, 9.17) is 0 Å². The summed E-state index contributed by atoms with van der Waals surface area (Å²) < 4.78 is 1.13. The van der Waals surface area contributed by atoms with Gasteiger partial charge in [0.25, 0.3) is 0 Å². The van der Waals surface area contributed by atoms with Gasteiger partial charge in [-0.3, -0.25) is 4.90 Å². The van der Waals surface area contributed by atoms with Gasteiger partial charge in [-0.15, -0.1) is 0 Å². The number of halogens is 1. The minimum absolute atomic E-state index is 0.770. The number of benzene rings is 1. The molecule has 1 aromatic carbocycles. The summed E-state index contributed by atoms with van der Waals surface area (Å²) in [5, 5.41) is 3.46. The fraction of sp³-hybridized carbons (Fsp3) is 0.538. The Hall–Kier alpha value is -0.540. The Morgan fingerprint density at radius 3 is 2.75 bits per heavy atom. The minimum Gasteiger partial charge on any atom is -0.384 e. The lowest BCUT2D eigenvalue weighted by Gasteiger charge is -2.21. The molecule has 2 rings (SSSR count). The molecule has 1 atom stereocenters. The monoisotopic (exact) mass is 282 g/mol. The van der Waals surface area contributed by atoms with E-state index in [1.165, 1.54) is 25.1 Å². The summed E-state index contributed by atoms with van der Waals surface area (Å²) in [6, 6.07) is 9.13. The third-order valence-corrected chi connectivity index (χ3v) is 3.79. The quantitative estimate of drug-likeness (QED) is 0.911. The molecule has 1 aliphatic heterocycles. The SMILES string of the molecule is CC1CCCN1CCNc1ccc(Br)cc1. The van der Waals surface area contributed by atoms with Gasteiger partial charge in [-0.25, -0.2) is 0 Å². The number of likely N-dealkylation sites (tertiary alicyclic amines) is 1. The maximum atomic E-state index is 3.46. The second-order valence-electron chi connectivity index (χ2n) is 4.46. The van der Waals surface area contributed by atoms with Crippen molar-refractivity contribution in [2.24, 2.45) is 0 Å². The van der Waals surface area contributed by atoms with Crippen molar-refractivity contribution in [1.82, 2.24) is 4.90 Å². The van der Waals surface area contributed by atoms with Gasteiger partial charge in [0.1, 0.15) is 0 Å².